The van der Waals surface area contributed by atoms with Crippen molar-refractivity contribution in [2.45, 2.75) is 76.5 Å². The number of guanidine groups is 1. The van der Waals surface area contributed by atoms with Crippen LogP contribution in [0.5, 0.6) is 5.75 Å². The van der Waals surface area contributed by atoms with Crippen LogP contribution >= 0.6 is 0 Å². The van der Waals surface area contributed by atoms with Crippen molar-refractivity contribution < 1.29 is 19.1 Å². The molecule has 2 amide bonds. The molecule has 1 saturated carbocycles. The summed E-state index contributed by atoms with van der Waals surface area (Å²) in [7, 11) is 0. The average Bonchev–Trinajstić information content (AvgIpc) is 3.38. The quantitative estimate of drug-likeness (QED) is 0.164. The predicted octanol–water partition coefficient (Wildman–Crippen LogP) is 1.58. The third kappa shape index (κ3) is 9.31. The van der Waals surface area contributed by atoms with E-state index in [0.717, 1.165) is 37.7 Å². The molecule has 0 spiro atoms. The van der Waals surface area contributed by atoms with Crippen LogP contribution in [0.15, 0.2) is 35.3 Å². The molecule has 3 aliphatic rings. The lowest BCUT2D eigenvalue weighted by Crippen LogP contribution is -2.55. The van der Waals surface area contributed by atoms with Gasteiger partial charge in [-0.2, -0.15) is 0 Å². The average molecular weight is 529 g/mol. The summed E-state index contributed by atoms with van der Waals surface area (Å²) in [6.45, 7) is 4.38. The zero-order valence-electron chi connectivity index (χ0n) is 22.5. The van der Waals surface area contributed by atoms with Gasteiger partial charge < -0.3 is 36.5 Å². The minimum absolute atomic E-state index is 0.0344. The zero-order valence-corrected chi connectivity index (χ0v) is 22.5. The molecular weight excluding hydrogens is 484 g/mol. The van der Waals surface area contributed by atoms with E-state index in [0.29, 0.717) is 37.5 Å². The highest BCUT2D eigenvalue weighted by molar-refractivity contribution is 5.82. The predicted molar refractivity (Wildman–Crippen MR) is 147 cm³/mol. The molecule has 2 heterocycles. The number of hydrogen-bond acceptors (Lipinski definition) is 6. The number of rotatable bonds is 9. The molecule has 2 aliphatic heterocycles. The molecular formula is C28H44N6O4. The van der Waals surface area contributed by atoms with Gasteiger partial charge in [-0.15, -0.1) is 0 Å². The molecule has 6 N–H and O–H groups in total. The molecule has 5 atom stereocenters. The molecule has 4 rings (SSSR count). The van der Waals surface area contributed by atoms with Crippen molar-refractivity contribution in [2.75, 3.05) is 26.2 Å². The Labute approximate surface area is 225 Å². The molecule has 0 bridgehead atoms. The molecule has 1 aromatic carbocycles. The van der Waals surface area contributed by atoms with Crippen molar-refractivity contribution in [1.29, 1.82) is 0 Å². The summed E-state index contributed by atoms with van der Waals surface area (Å²) in [6, 6.07) is 9.54. The number of hydrogen-bond donors (Lipinski definition) is 4. The number of nitrogens with one attached hydrogen (secondary N) is 2. The van der Waals surface area contributed by atoms with Crippen LogP contribution in [-0.2, 0) is 14.4 Å². The molecule has 1 aliphatic carbocycles. The monoisotopic (exact) mass is 528 g/mol. The second-order valence-electron chi connectivity index (χ2n) is 10.4. The zero-order chi connectivity index (χ0) is 27.3. The smallest absolute Gasteiger partial charge is 0.240 e. The number of amides is 2. The van der Waals surface area contributed by atoms with E-state index in [-0.39, 0.29) is 24.0 Å². The van der Waals surface area contributed by atoms with Gasteiger partial charge in [0.15, 0.2) is 5.96 Å². The Morgan fingerprint density at radius 3 is 2.66 bits per heavy atom. The fourth-order valence-electron chi connectivity index (χ4n) is 5.75. The summed E-state index contributed by atoms with van der Waals surface area (Å²) >= 11 is 0. The second-order valence-corrected chi connectivity index (χ2v) is 10.4. The molecule has 1 aromatic rings. The maximum Gasteiger partial charge on any atom is 0.240 e. The van der Waals surface area contributed by atoms with Crippen molar-refractivity contribution in [2.24, 2.45) is 28.3 Å². The van der Waals surface area contributed by atoms with E-state index in [2.05, 4.69) is 15.6 Å². The van der Waals surface area contributed by atoms with E-state index in [1.54, 1.807) is 0 Å². The van der Waals surface area contributed by atoms with Crippen LogP contribution in [-0.4, -0.2) is 73.3 Å². The van der Waals surface area contributed by atoms with Crippen LogP contribution in [0, 0.1) is 11.8 Å². The van der Waals surface area contributed by atoms with Crippen molar-refractivity contribution in [1.82, 2.24) is 15.5 Å². The fourth-order valence-corrected chi connectivity index (χ4v) is 5.75. The molecule has 10 heteroatoms. The Balaban J connectivity index is 0.000000247. The fraction of sp³-hybridized carbons (Fsp3) is 0.643. The first-order valence-corrected chi connectivity index (χ1v) is 13.9. The Kier molecular flexibility index (Phi) is 11.9. The first kappa shape index (κ1) is 29.4. The van der Waals surface area contributed by atoms with E-state index in [1.165, 1.54) is 39.0 Å². The number of carbonyl (C=O) groups is 3. The van der Waals surface area contributed by atoms with Gasteiger partial charge in [0.25, 0.3) is 0 Å². The summed E-state index contributed by atoms with van der Waals surface area (Å²) in [5.74, 6) is 2.34. The number of carbonyl (C=O) groups excluding carboxylic acids is 3. The minimum atomic E-state index is -0.443. The standard InChI is InChI=1S/C20H28N2O2.C8H16N4O2/c23-20(19-18-9-5-4-6-15(18)10-12-21-19)22-13-11-17(14-22)24-16-7-2-1-3-8-16;1-6(14)12-7(5-13)3-2-4-11-8(9)10/h1-3,7-8,15,17-19,21H,4-6,9-14H2;5,7H,2-4H2,1H3,(H,12,14)(H4,9,10,11)/t15-,17-,18-,19+;7-/m01/s1. The lowest BCUT2D eigenvalue weighted by atomic mass is 9.71. The first-order chi connectivity index (χ1) is 18.4. The van der Waals surface area contributed by atoms with Gasteiger partial charge in [0.2, 0.25) is 11.8 Å². The minimum Gasteiger partial charge on any atom is -0.489 e. The lowest BCUT2D eigenvalue weighted by molar-refractivity contribution is -0.136. The summed E-state index contributed by atoms with van der Waals surface area (Å²) in [4.78, 5) is 39.9. The summed E-state index contributed by atoms with van der Waals surface area (Å²) < 4.78 is 6.04. The molecule has 10 nitrogen and oxygen atoms in total. The number of aliphatic imine (C=N–C) groups is 1. The highest BCUT2D eigenvalue weighted by atomic mass is 16.5. The van der Waals surface area contributed by atoms with Crippen molar-refractivity contribution >= 4 is 24.1 Å². The second kappa shape index (κ2) is 15.3. The number of likely N-dealkylation sites (tertiary alicyclic amines) is 1. The van der Waals surface area contributed by atoms with Crippen LogP contribution < -0.4 is 26.8 Å². The maximum absolute atomic E-state index is 13.1. The SMILES string of the molecule is CC(=O)N[C@@H](C=O)CCCN=C(N)N.O=C([C@@H]1NCC[C@@H]2CCCC[C@@H]21)N1CC[C@H](Oc2ccccc2)C1. The van der Waals surface area contributed by atoms with Gasteiger partial charge in [-0.25, -0.2) is 0 Å². The number of para-hydroxylation sites is 1. The molecule has 210 valence electrons. The third-order valence-electron chi connectivity index (χ3n) is 7.56. The number of fused-ring (bicyclic) bond motifs is 1. The van der Waals surface area contributed by atoms with Crippen LogP contribution in [0.2, 0.25) is 0 Å². The van der Waals surface area contributed by atoms with Crippen LogP contribution in [0.1, 0.15) is 58.3 Å². The summed E-state index contributed by atoms with van der Waals surface area (Å²) in [5, 5.41) is 6.03. The van der Waals surface area contributed by atoms with E-state index in [9.17, 15) is 14.4 Å². The highest BCUT2D eigenvalue weighted by Crippen LogP contribution is 2.37. The topological polar surface area (TPSA) is 152 Å². The van der Waals surface area contributed by atoms with Gasteiger partial charge in [-0.3, -0.25) is 14.6 Å². The normalized spacial score (nSPS) is 25.1. The summed E-state index contributed by atoms with van der Waals surface area (Å²) in [5.41, 5.74) is 10.2. The Bertz CT molecular complexity index is 921. The van der Waals surface area contributed by atoms with E-state index in [1.807, 2.05) is 35.2 Å². The van der Waals surface area contributed by atoms with Gasteiger partial charge >= 0.3 is 0 Å². The maximum atomic E-state index is 13.1. The number of benzene rings is 1. The Hall–Kier alpha value is -3.14. The van der Waals surface area contributed by atoms with E-state index in [4.69, 9.17) is 16.2 Å². The van der Waals surface area contributed by atoms with Crippen molar-refractivity contribution in [3.8, 4) is 5.75 Å². The number of ether oxygens (including phenoxy) is 1. The number of aldehydes is 1. The van der Waals surface area contributed by atoms with E-state index >= 15 is 0 Å². The molecule has 0 radical (unpaired) electrons. The number of nitrogens with zero attached hydrogens (tertiary/aromatic N) is 2. The largest absolute Gasteiger partial charge is 0.489 e. The van der Waals surface area contributed by atoms with Gasteiger partial charge in [0, 0.05) is 26.4 Å². The van der Waals surface area contributed by atoms with Crippen LogP contribution in [0.4, 0.5) is 0 Å². The van der Waals surface area contributed by atoms with E-state index < -0.39 is 6.04 Å². The Morgan fingerprint density at radius 2 is 1.95 bits per heavy atom. The van der Waals surface area contributed by atoms with Gasteiger partial charge in [-0.05, 0) is 56.2 Å². The van der Waals surface area contributed by atoms with Crippen molar-refractivity contribution in [3.63, 3.8) is 0 Å². The summed E-state index contributed by atoms with van der Waals surface area (Å²) in [6.07, 6.45) is 9.36. The van der Waals surface area contributed by atoms with Gasteiger partial charge in [-0.1, -0.05) is 37.5 Å². The molecule has 0 aromatic heterocycles. The molecule has 3 fully saturated rings. The highest BCUT2D eigenvalue weighted by Gasteiger charge is 2.41. The molecule has 2 saturated heterocycles. The molecule has 0 unspecified atom stereocenters. The van der Waals surface area contributed by atoms with Crippen LogP contribution in [0.3, 0.4) is 0 Å². The molecule has 38 heavy (non-hydrogen) atoms. The number of piperidine rings is 1. The lowest BCUT2D eigenvalue weighted by Gasteiger charge is -2.42. The Morgan fingerprint density at radius 1 is 1.18 bits per heavy atom. The van der Waals surface area contributed by atoms with Gasteiger partial charge in [0.1, 0.15) is 18.1 Å². The first-order valence-electron chi connectivity index (χ1n) is 13.9. The third-order valence-corrected chi connectivity index (χ3v) is 7.56. The number of nitrogens with two attached hydrogens (primary N) is 2. The van der Waals surface area contributed by atoms with Gasteiger partial charge in [0.05, 0.1) is 18.6 Å². The van der Waals surface area contributed by atoms with Crippen LogP contribution in [0.25, 0.3) is 0 Å². The van der Waals surface area contributed by atoms with Crippen molar-refractivity contribution in [3.05, 3.63) is 30.3 Å².